The molecule has 1 heterocycles. The van der Waals surface area contributed by atoms with Gasteiger partial charge in [-0.05, 0) is 64.8 Å². The van der Waals surface area contributed by atoms with Crippen molar-refractivity contribution in [3.63, 3.8) is 0 Å². The summed E-state index contributed by atoms with van der Waals surface area (Å²) >= 11 is 0. The second-order valence-electron chi connectivity index (χ2n) is 7.40. The molecule has 1 aliphatic rings. The van der Waals surface area contributed by atoms with Gasteiger partial charge in [0.2, 0.25) is 0 Å². The van der Waals surface area contributed by atoms with E-state index in [0.717, 1.165) is 31.6 Å². The van der Waals surface area contributed by atoms with Gasteiger partial charge >= 0.3 is 0 Å². The van der Waals surface area contributed by atoms with Crippen LogP contribution in [0.5, 0.6) is 0 Å². The van der Waals surface area contributed by atoms with Gasteiger partial charge in [-0.25, -0.2) is 0 Å². The van der Waals surface area contributed by atoms with Crippen LogP contribution >= 0.6 is 0 Å². The Kier molecular flexibility index (Phi) is 4.64. The largest absolute Gasteiger partial charge is 0.399 e. The second-order valence-corrected chi connectivity index (χ2v) is 7.40. The minimum absolute atomic E-state index is 0.0458. The highest BCUT2D eigenvalue weighted by Gasteiger charge is 2.48. The maximum Gasteiger partial charge on any atom is 0.0789 e. The fraction of sp³-hybridized carbons (Fsp3) is 0.667. The predicted molar refractivity (Wildman–Crippen MR) is 89.2 cm³/mol. The Morgan fingerprint density at radius 2 is 2.00 bits per heavy atom. The summed E-state index contributed by atoms with van der Waals surface area (Å²) in [7, 11) is 0. The molecule has 2 N–H and O–H groups in total. The van der Waals surface area contributed by atoms with E-state index >= 15 is 0 Å². The molecule has 118 valence electrons. The van der Waals surface area contributed by atoms with Crippen molar-refractivity contribution in [2.24, 2.45) is 0 Å². The average Bonchev–Trinajstić information content (AvgIpc) is 2.57. The van der Waals surface area contributed by atoms with Crippen molar-refractivity contribution in [2.75, 3.05) is 12.3 Å². The molecule has 1 aromatic carbocycles. The summed E-state index contributed by atoms with van der Waals surface area (Å²) < 4.78 is 6.27. The van der Waals surface area contributed by atoms with Gasteiger partial charge in [-0.15, -0.1) is 0 Å². The van der Waals surface area contributed by atoms with Gasteiger partial charge < -0.3 is 10.5 Å². The summed E-state index contributed by atoms with van der Waals surface area (Å²) in [6, 6.07) is 8.66. The first-order chi connectivity index (χ1) is 9.73. The van der Waals surface area contributed by atoms with E-state index in [1.54, 1.807) is 0 Å². The van der Waals surface area contributed by atoms with Gasteiger partial charge in [-0.3, -0.25) is 4.90 Å². The molecular weight excluding hydrogens is 260 g/mol. The van der Waals surface area contributed by atoms with Crippen molar-refractivity contribution < 1.29 is 4.74 Å². The van der Waals surface area contributed by atoms with Crippen LogP contribution < -0.4 is 5.73 Å². The minimum Gasteiger partial charge on any atom is -0.399 e. The first-order valence-electron chi connectivity index (χ1n) is 8.02. The molecule has 0 radical (unpaired) electrons. The highest BCUT2D eigenvalue weighted by molar-refractivity contribution is 5.40. The number of hydrogen-bond donors (Lipinski definition) is 1. The van der Waals surface area contributed by atoms with Crippen LogP contribution in [0.3, 0.4) is 0 Å². The van der Waals surface area contributed by atoms with Gasteiger partial charge in [0.05, 0.1) is 11.2 Å². The molecule has 1 atom stereocenters. The third kappa shape index (κ3) is 3.98. The van der Waals surface area contributed by atoms with Gasteiger partial charge in [0.25, 0.3) is 0 Å². The molecule has 0 saturated carbocycles. The molecule has 1 unspecified atom stereocenters. The number of nitrogens with zero attached hydrogens (tertiary/aromatic N) is 1. The molecule has 21 heavy (non-hydrogen) atoms. The molecule has 1 fully saturated rings. The van der Waals surface area contributed by atoms with E-state index in [2.05, 4.69) is 51.7 Å². The van der Waals surface area contributed by atoms with E-state index in [-0.39, 0.29) is 11.2 Å². The SMILES string of the molecule is CCCN(Cc1cccc(N)c1)C1CC(C)(C)OC1(C)C. The van der Waals surface area contributed by atoms with Gasteiger partial charge in [0.1, 0.15) is 0 Å². The van der Waals surface area contributed by atoms with Crippen molar-refractivity contribution in [1.29, 1.82) is 0 Å². The predicted octanol–water partition coefficient (Wildman–Crippen LogP) is 3.83. The number of ether oxygens (including phenoxy) is 1. The standard InChI is InChI=1S/C18H30N2O/c1-6-10-20(13-14-8-7-9-15(19)11-14)16-12-17(2,3)21-18(16,4)5/h7-9,11,16H,6,10,12-13,19H2,1-5H3. The summed E-state index contributed by atoms with van der Waals surface area (Å²) in [5, 5.41) is 0. The zero-order valence-electron chi connectivity index (χ0n) is 14.1. The summed E-state index contributed by atoms with van der Waals surface area (Å²) in [5.41, 5.74) is 7.88. The fourth-order valence-electron chi connectivity index (χ4n) is 3.66. The Hall–Kier alpha value is -1.06. The number of nitrogens with two attached hydrogens (primary N) is 1. The van der Waals surface area contributed by atoms with Gasteiger partial charge in [0, 0.05) is 18.3 Å². The smallest absolute Gasteiger partial charge is 0.0789 e. The minimum atomic E-state index is -0.112. The molecule has 0 spiro atoms. The molecule has 0 aromatic heterocycles. The third-order valence-corrected chi connectivity index (χ3v) is 4.32. The Morgan fingerprint density at radius 1 is 1.29 bits per heavy atom. The van der Waals surface area contributed by atoms with Crippen LogP contribution in [0, 0.1) is 0 Å². The van der Waals surface area contributed by atoms with E-state index in [1.807, 2.05) is 12.1 Å². The van der Waals surface area contributed by atoms with E-state index in [9.17, 15) is 0 Å². The van der Waals surface area contributed by atoms with Crippen molar-refractivity contribution in [1.82, 2.24) is 4.90 Å². The van der Waals surface area contributed by atoms with Crippen LogP contribution in [0.15, 0.2) is 24.3 Å². The number of benzene rings is 1. The molecule has 1 saturated heterocycles. The lowest BCUT2D eigenvalue weighted by Gasteiger charge is -2.36. The number of hydrogen-bond acceptors (Lipinski definition) is 3. The molecule has 0 bridgehead atoms. The van der Waals surface area contributed by atoms with Crippen molar-refractivity contribution in [3.8, 4) is 0 Å². The maximum atomic E-state index is 6.27. The third-order valence-electron chi connectivity index (χ3n) is 4.32. The number of nitrogen functional groups attached to an aromatic ring is 1. The van der Waals surface area contributed by atoms with Crippen LogP contribution in [0.4, 0.5) is 5.69 Å². The first-order valence-corrected chi connectivity index (χ1v) is 8.02. The monoisotopic (exact) mass is 290 g/mol. The summed E-state index contributed by atoms with van der Waals surface area (Å²) in [5.74, 6) is 0. The lowest BCUT2D eigenvalue weighted by Crippen LogP contribution is -2.46. The topological polar surface area (TPSA) is 38.5 Å². The summed E-state index contributed by atoms with van der Waals surface area (Å²) in [6.45, 7) is 13.1. The Bertz CT molecular complexity index is 482. The van der Waals surface area contributed by atoms with Gasteiger partial charge in [-0.1, -0.05) is 19.1 Å². The first kappa shape index (κ1) is 16.3. The molecule has 3 heteroatoms. The van der Waals surface area contributed by atoms with Crippen molar-refractivity contribution in [3.05, 3.63) is 29.8 Å². The summed E-state index contributed by atoms with van der Waals surface area (Å²) in [4.78, 5) is 2.56. The van der Waals surface area contributed by atoms with Gasteiger partial charge in [-0.2, -0.15) is 0 Å². The van der Waals surface area contributed by atoms with E-state index in [0.29, 0.717) is 6.04 Å². The zero-order valence-corrected chi connectivity index (χ0v) is 14.1. The summed E-state index contributed by atoms with van der Waals surface area (Å²) in [6.07, 6.45) is 2.22. The van der Waals surface area contributed by atoms with E-state index in [1.165, 1.54) is 5.56 Å². The maximum absolute atomic E-state index is 6.27. The molecule has 1 aromatic rings. The fourth-order valence-corrected chi connectivity index (χ4v) is 3.66. The molecule has 0 aliphatic carbocycles. The number of rotatable bonds is 5. The Labute approximate surface area is 129 Å². The molecule has 0 amide bonds. The van der Waals surface area contributed by atoms with Crippen LogP contribution in [0.1, 0.15) is 53.0 Å². The quantitative estimate of drug-likeness (QED) is 0.838. The van der Waals surface area contributed by atoms with Crippen molar-refractivity contribution in [2.45, 2.75) is 71.2 Å². The molecular formula is C18H30N2O. The molecule has 3 nitrogen and oxygen atoms in total. The van der Waals surface area contributed by atoms with Gasteiger partial charge in [0.15, 0.2) is 0 Å². The Balaban J connectivity index is 2.19. The normalized spacial score (nSPS) is 23.6. The molecule has 2 rings (SSSR count). The van der Waals surface area contributed by atoms with Crippen LogP contribution in [-0.2, 0) is 11.3 Å². The van der Waals surface area contributed by atoms with Crippen LogP contribution in [0.2, 0.25) is 0 Å². The van der Waals surface area contributed by atoms with Crippen LogP contribution in [-0.4, -0.2) is 28.7 Å². The lowest BCUT2D eigenvalue weighted by atomic mass is 9.92. The zero-order chi connectivity index (χ0) is 15.7. The average molecular weight is 290 g/mol. The van der Waals surface area contributed by atoms with E-state index < -0.39 is 0 Å². The second kappa shape index (κ2) is 5.98. The molecule has 1 aliphatic heterocycles. The van der Waals surface area contributed by atoms with Crippen LogP contribution in [0.25, 0.3) is 0 Å². The highest BCUT2D eigenvalue weighted by Crippen LogP contribution is 2.40. The van der Waals surface area contributed by atoms with E-state index in [4.69, 9.17) is 10.5 Å². The number of anilines is 1. The lowest BCUT2D eigenvalue weighted by molar-refractivity contribution is -0.0813. The highest BCUT2D eigenvalue weighted by atomic mass is 16.5. The Morgan fingerprint density at radius 3 is 2.52 bits per heavy atom. The van der Waals surface area contributed by atoms with Crippen molar-refractivity contribution >= 4 is 5.69 Å².